The Labute approximate surface area is 72.4 Å². The summed E-state index contributed by atoms with van der Waals surface area (Å²) in [5.74, 6) is 0.810. The molecule has 0 fully saturated rings. The van der Waals surface area contributed by atoms with Crippen LogP contribution in [0, 0.1) is 0 Å². The number of hydrogen-bond donors (Lipinski definition) is 0. The Morgan fingerprint density at radius 3 is 2.83 bits per heavy atom. The Hall–Kier alpha value is -1.38. The molecule has 1 rings (SSSR count). The van der Waals surface area contributed by atoms with Gasteiger partial charge in [-0.15, -0.1) is 0 Å². The maximum atomic E-state index is 4.14. The maximum Gasteiger partial charge on any atom is 0.157 e. The van der Waals surface area contributed by atoms with Gasteiger partial charge in [0.2, 0.25) is 0 Å². The Balaban J connectivity index is 3.22. The number of aromatic nitrogens is 2. The standard InChI is InChI=1S/C9H13N3/c1-5-8-6-11-12(7(2)3)9(8)10-4/h6H,2,4-5H2,1,3H3. The van der Waals surface area contributed by atoms with E-state index in [4.69, 9.17) is 0 Å². The highest BCUT2D eigenvalue weighted by molar-refractivity contribution is 5.53. The van der Waals surface area contributed by atoms with Crippen LogP contribution >= 0.6 is 0 Å². The fourth-order valence-corrected chi connectivity index (χ4v) is 1.07. The molecule has 0 saturated heterocycles. The van der Waals surface area contributed by atoms with Crippen LogP contribution in [-0.4, -0.2) is 16.5 Å². The summed E-state index contributed by atoms with van der Waals surface area (Å²) < 4.78 is 1.70. The third-order valence-corrected chi connectivity index (χ3v) is 1.71. The molecule has 0 aromatic carbocycles. The van der Waals surface area contributed by atoms with Crippen molar-refractivity contribution in [1.82, 2.24) is 9.78 Å². The van der Waals surface area contributed by atoms with Crippen molar-refractivity contribution in [1.29, 1.82) is 0 Å². The summed E-state index contributed by atoms with van der Waals surface area (Å²) in [6.07, 6.45) is 2.72. The number of aliphatic imine (C=N–C) groups is 1. The van der Waals surface area contributed by atoms with E-state index in [2.05, 4.69) is 30.3 Å². The molecule has 0 aliphatic rings. The van der Waals surface area contributed by atoms with Crippen molar-refractivity contribution in [2.45, 2.75) is 20.3 Å². The van der Waals surface area contributed by atoms with Gasteiger partial charge in [0.25, 0.3) is 0 Å². The second kappa shape index (κ2) is 3.34. The van der Waals surface area contributed by atoms with Crippen LogP contribution in [0.25, 0.3) is 5.70 Å². The molecule has 0 N–H and O–H groups in total. The SMILES string of the molecule is C=Nc1c(CC)cnn1C(=C)C. The zero-order valence-electron chi connectivity index (χ0n) is 7.54. The quantitative estimate of drug-likeness (QED) is 0.628. The first-order valence-corrected chi connectivity index (χ1v) is 3.90. The first-order valence-electron chi connectivity index (χ1n) is 3.90. The van der Waals surface area contributed by atoms with Gasteiger partial charge in [0.1, 0.15) is 0 Å². The zero-order valence-corrected chi connectivity index (χ0v) is 7.54. The number of hydrogen-bond acceptors (Lipinski definition) is 2. The smallest absolute Gasteiger partial charge is 0.157 e. The van der Waals surface area contributed by atoms with E-state index in [9.17, 15) is 0 Å². The molecule has 1 aromatic heterocycles. The van der Waals surface area contributed by atoms with Crippen LogP contribution in [0.5, 0.6) is 0 Å². The van der Waals surface area contributed by atoms with Gasteiger partial charge in [-0.25, -0.2) is 9.67 Å². The zero-order chi connectivity index (χ0) is 9.14. The fourth-order valence-electron chi connectivity index (χ4n) is 1.07. The number of nitrogens with zero attached hydrogens (tertiary/aromatic N) is 3. The van der Waals surface area contributed by atoms with E-state index in [-0.39, 0.29) is 0 Å². The van der Waals surface area contributed by atoms with Crippen LogP contribution < -0.4 is 0 Å². The second-order valence-electron chi connectivity index (χ2n) is 2.65. The highest BCUT2D eigenvalue weighted by Gasteiger charge is 2.06. The van der Waals surface area contributed by atoms with E-state index >= 15 is 0 Å². The number of allylic oxidation sites excluding steroid dienone is 1. The fraction of sp³-hybridized carbons (Fsp3) is 0.333. The Morgan fingerprint density at radius 1 is 1.75 bits per heavy atom. The molecule has 0 radical (unpaired) electrons. The minimum absolute atomic E-state index is 0.810. The second-order valence-corrected chi connectivity index (χ2v) is 2.65. The summed E-state index contributed by atoms with van der Waals surface area (Å²) in [7, 11) is 0. The van der Waals surface area contributed by atoms with Crippen molar-refractivity contribution in [2.75, 3.05) is 0 Å². The number of aryl methyl sites for hydroxylation is 1. The summed E-state index contributed by atoms with van der Waals surface area (Å²) in [4.78, 5) is 3.91. The average molecular weight is 163 g/mol. The molecule has 1 aromatic rings. The molecule has 0 aliphatic carbocycles. The third kappa shape index (κ3) is 1.30. The lowest BCUT2D eigenvalue weighted by Crippen LogP contribution is -1.93. The molecule has 0 amide bonds. The summed E-state index contributed by atoms with van der Waals surface area (Å²) in [5.41, 5.74) is 1.96. The largest absolute Gasteiger partial charge is 0.245 e. The minimum atomic E-state index is 0.810. The molecule has 0 spiro atoms. The van der Waals surface area contributed by atoms with E-state index in [1.54, 1.807) is 10.9 Å². The molecule has 0 unspecified atom stereocenters. The lowest BCUT2D eigenvalue weighted by atomic mass is 10.2. The van der Waals surface area contributed by atoms with Crippen LogP contribution in [0.2, 0.25) is 0 Å². The molecule has 0 aliphatic heterocycles. The van der Waals surface area contributed by atoms with Gasteiger partial charge < -0.3 is 0 Å². The summed E-state index contributed by atoms with van der Waals surface area (Å²) in [6, 6.07) is 0. The van der Waals surface area contributed by atoms with Crippen LogP contribution in [0.3, 0.4) is 0 Å². The van der Waals surface area contributed by atoms with Gasteiger partial charge >= 0.3 is 0 Å². The molecule has 3 heteroatoms. The highest BCUT2D eigenvalue weighted by atomic mass is 15.3. The van der Waals surface area contributed by atoms with Gasteiger partial charge in [-0.3, -0.25) is 0 Å². The van der Waals surface area contributed by atoms with Gasteiger partial charge in [-0.05, 0) is 20.1 Å². The van der Waals surface area contributed by atoms with Crippen LogP contribution in [-0.2, 0) is 6.42 Å². The normalized spacial score (nSPS) is 9.83. The molecule has 0 bridgehead atoms. The molecule has 12 heavy (non-hydrogen) atoms. The van der Waals surface area contributed by atoms with Crippen LogP contribution in [0.1, 0.15) is 19.4 Å². The third-order valence-electron chi connectivity index (χ3n) is 1.71. The monoisotopic (exact) mass is 163 g/mol. The lowest BCUT2D eigenvalue weighted by molar-refractivity contribution is 0.898. The van der Waals surface area contributed by atoms with Crippen LogP contribution in [0.15, 0.2) is 17.8 Å². The van der Waals surface area contributed by atoms with Gasteiger partial charge in [0.15, 0.2) is 5.82 Å². The number of rotatable bonds is 3. The first-order chi connectivity index (χ1) is 5.70. The predicted molar refractivity (Wildman–Crippen MR) is 51.8 cm³/mol. The van der Waals surface area contributed by atoms with Crippen molar-refractivity contribution in [3.63, 3.8) is 0 Å². The average Bonchev–Trinajstić information content (AvgIpc) is 2.46. The maximum absolute atomic E-state index is 4.14. The van der Waals surface area contributed by atoms with Crippen molar-refractivity contribution in [2.24, 2.45) is 4.99 Å². The molecule has 3 nitrogen and oxygen atoms in total. The molecule has 1 heterocycles. The topological polar surface area (TPSA) is 30.2 Å². The van der Waals surface area contributed by atoms with Crippen LogP contribution in [0.4, 0.5) is 5.82 Å². The Bertz CT molecular complexity index is 310. The first kappa shape index (κ1) is 8.71. The molecular formula is C9H13N3. The van der Waals surface area contributed by atoms with Gasteiger partial charge in [-0.2, -0.15) is 5.10 Å². The minimum Gasteiger partial charge on any atom is -0.245 e. The van der Waals surface area contributed by atoms with Crippen molar-refractivity contribution in [3.8, 4) is 0 Å². The summed E-state index contributed by atoms with van der Waals surface area (Å²) in [6.45, 7) is 11.3. The molecule has 64 valence electrons. The van der Waals surface area contributed by atoms with E-state index in [1.807, 2.05) is 6.92 Å². The van der Waals surface area contributed by atoms with E-state index in [0.717, 1.165) is 23.5 Å². The molecule has 0 atom stereocenters. The van der Waals surface area contributed by atoms with Gasteiger partial charge in [0, 0.05) is 11.3 Å². The predicted octanol–water partition coefficient (Wildman–Crippen LogP) is 2.27. The van der Waals surface area contributed by atoms with Gasteiger partial charge in [-0.1, -0.05) is 13.5 Å². The lowest BCUT2D eigenvalue weighted by Gasteiger charge is -2.01. The summed E-state index contributed by atoms with van der Waals surface area (Å²) >= 11 is 0. The van der Waals surface area contributed by atoms with Crippen molar-refractivity contribution in [3.05, 3.63) is 18.3 Å². The van der Waals surface area contributed by atoms with Gasteiger partial charge in [0.05, 0.1) is 6.20 Å². The highest BCUT2D eigenvalue weighted by Crippen LogP contribution is 2.21. The molecule has 0 saturated carbocycles. The molecular weight excluding hydrogens is 150 g/mol. The van der Waals surface area contributed by atoms with E-state index < -0.39 is 0 Å². The van der Waals surface area contributed by atoms with Crippen molar-refractivity contribution < 1.29 is 0 Å². The van der Waals surface area contributed by atoms with E-state index in [0.29, 0.717) is 0 Å². The Morgan fingerprint density at radius 2 is 2.42 bits per heavy atom. The van der Waals surface area contributed by atoms with E-state index in [1.165, 1.54) is 0 Å². The summed E-state index contributed by atoms with van der Waals surface area (Å²) in [5, 5.41) is 4.14. The van der Waals surface area contributed by atoms with Crippen molar-refractivity contribution >= 4 is 18.2 Å². The Kier molecular flexibility index (Phi) is 2.43.